The fourth-order valence-electron chi connectivity index (χ4n) is 1.82. The van der Waals surface area contributed by atoms with E-state index in [2.05, 4.69) is 25.8 Å². The highest BCUT2D eigenvalue weighted by Crippen LogP contribution is 2.27. The van der Waals surface area contributed by atoms with Crippen molar-refractivity contribution < 1.29 is 9.53 Å². The van der Waals surface area contributed by atoms with Gasteiger partial charge in [0.25, 0.3) is 0 Å². The third-order valence-electron chi connectivity index (χ3n) is 3.02. The van der Waals surface area contributed by atoms with Gasteiger partial charge in [0.15, 0.2) is 5.69 Å². The second kappa shape index (κ2) is 4.77. The van der Waals surface area contributed by atoms with E-state index in [4.69, 9.17) is 10.5 Å². The van der Waals surface area contributed by atoms with Crippen LogP contribution in [0.15, 0.2) is 0 Å². The zero-order valence-electron chi connectivity index (χ0n) is 11.2. The molecule has 0 spiro atoms. The lowest BCUT2D eigenvalue weighted by atomic mass is 10.0. The molecule has 0 atom stereocenters. The minimum absolute atomic E-state index is 0.161. The molecule has 1 rings (SSSR count). The minimum Gasteiger partial charge on any atom is -0.461 e. The van der Waals surface area contributed by atoms with Crippen molar-refractivity contribution in [3.8, 4) is 0 Å². The Bertz CT molecular complexity index is 422. The van der Waals surface area contributed by atoms with Crippen molar-refractivity contribution in [2.75, 3.05) is 12.3 Å². The summed E-state index contributed by atoms with van der Waals surface area (Å²) >= 11 is 0. The molecule has 0 saturated heterocycles. The second-order valence-corrected chi connectivity index (χ2v) is 4.61. The largest absolute Gasteiger partial charge is 0.461 e. The number of carbonyl (C=O) groups excluding carboxylic acids is 1. The van der Waals surface area contributed by atoms with Gasteiger partial charge >= 0.3 is 5.97 Å². The van der Waals surface area contributed by atoms with Crippen LogP contribution in [0.5, 0.6) is 0 Å². The first-order chi connectivity index (χ1) is 7.85. The van der Waals surface area contributed by atoms with Gasteiger partial charge in [-0.2, -0.15) is 0 Å². The predicted octanol–water partition coefficient (Wildman–Crippen LogP) is 2.10. The van der Waals surface area contributed by atoms with Gasteiger partial charge in [-0.1, -0.05) is 6.92 Å². The van der Waals surface area contributed by atoms with E-state index in [1.54, 1.807) is 6.92 Å². The maximum atomic E-state index is 11.7. The number of ether oxygens (including phenoxy) is 1. The molecule has 1 aromatic heterocycles. The number of esters is 1. The topological polar surface area (TPSA) is 70.1 Å². The summed E-state index contributed by atoms with van der Waals surface area (Å²) in [6.07, 6.45) is 0.899. The summed E-state index contributed by atoms with van der Waals surface area (Å²) in [5.41, 5.74) is 6.05. The molecule has 0 aromatic carbocycles. The van der Waals surface area contributed by atoms with Crippen molar-refractivity contribution in [2.45, 2.75) is 46.6 Å². The Balaban J connectivity index is 3.24. The third-order valence-corrected chi connectivity index (χ3v) is 3.02. The number of anilines is 1. The quantitative estimate of drug-likeness (QED) is 0.817. The molecule has 0 aliphatic carbocycles. The molecular formula is C12H21N3O2. The van der Waals surface area contributed by atoms with Gasteiger partial charge in [0.05, 0.1) is 6.61 Å². The van der Waals surface area contributed by atoms with Crippen LogP contribution in [0.2, 0.25) is 0 Å². The van der Waals surface area contributed by atoms with E-state index in [0.29, 0.717) is 12.4 Å². The molecule has 0 amide bonds. The van der Waals surface area contributed by atoms with Crippen LogP contribution < -0.4 is 5.73 Å². The third kappa shape index (κ3) is 2.43. The predicted molar refractivity (Wildman–Crippen MR) is 66.9 cm³/mol. The number of nitrogens with two attached hydrogens (primary N) is 1. The van der Waals surface area contributed by atoms with Crippen molar-refractivity contribution in [1.82, 2.24) is 9.55 Å². The molecule has 17 heavy (non-hydrogen) atoms. The second-order valence-electron chi connectivity index (χ2n) is 4.61. The summed E-state index contributed by atoms with van der Waals surface area (Å²) in [5, 5.41) is 0. The highest BCUT2D eigenvalue weighted by atomic mass is 16.5. The number of aryl methyl sites for hydroxylation is 1. The molecule has 0 saturated carbocycles. The number of rotatable bonds is 4. The van der Waals surface area contributed by atoms with Crippen LogP contribution in [0, 0.1) is 6.92 Å². The number of aromatic nitrogens is 2. The zero-order chi connectivity index (χ0) is 13.2. The SMILES string of the molecule is CCOC(=O)c1nc(C)n(C(C)(C)CC)c1N. The Labute approximate surface area is 102 Å². The van der Waals surface area contributed by atoms with Crippen LogP contribution in [0.1, 0.15) is 50.4 Å². The first-order valence-corrected chi connectivity index (χ1v) is 5.87. The Morgan fingerprint density at radius 2 is 2.06 bits per heavy atom. The molecule has 5 nitrogen and oxygen atoms in total. The van der Waals surface area contributed by atoms with Crippen LogP contribution in [-0.2, 0) is 10.3 Å². The van der Waals surface area contributed by atoms with Gasteiger partial charge in [-0.05, 0) is 34.1 Å². The first kappa shape index (κ1) is 13.5. The van der Waals surface area contributed by atoms with E-state index in [1.165, 1.54) is 0 Å². The van der Waals surface area contributed by atoms with Crippen LogP contribution in [0.4, 0.5) is 5.82 Å². The monoisotopic (exact) mass is 239 g/mol. The van der Waals surface area contributed by atoms with Crippen LogP contribution in [0.3, 0.4) is 0 Å². The smallest absolute Gasteiger partial charge is 0.360 e. The summed E-state index contributed by atoms with van der Waals surface area (Å²) in [4.78, 5) is 15.9. The summed E-state index contributed by atoms with van der Waals surface area (Å²) in [6, 6.07) is 0. The van der Waals surface area contributed by atoms with E-state index in [1.807, 2.05) is 11.5 Å². The van der Waals surface area contributed by atoms with E-state index >= 15 is 0 Å². The molecule has 1 aromatic rings. The Kier molecular flexibility index (Phi) is 3.80. The number of hydrogen-bond acceptors (Lipinski definition) is 4. The van der Waals surface area contributed by atoms with Gasteiger partial charge in [-0.25, -0.2) is 9.78 Å². The van der Waals surface area contributed by atoms with Gasteiger partial charge in [-0.3, -0.25) is 0 Å². The molecule has 96 valence electrons. The molecule has 0 bridgehead atoms. The molecule has 0 aliphatic rings. The van der Waals surface area contributed by atoms with Crippen molar-refractivity contribution in [3.05, 3.63) is 11.5 Å². The van der Waals surface area contributed by atoms with Crippen LogP contribution in [-0.4, -0.2) is 22.1 Å². The van der Waals surface area contributed by atoms with Crippen molar-refractivity contribution in [1.29, 1.82) is 0 Å². The van der Waals surface area contributed by atoms with Crippen molar-refractivity contribution >= 4 is 11.8 Å². The van der Waals surface area contributed by atoms with Crippen molar-refractivity contribution in [3.63, 3.8) is 0 Å². The normalized spacial score (nSPS) is 11.6. The fourth-order valence-corrected chi connectivity index (χ4v) is 1.82. The number of nitrogen functional groups attached to an aromatic ring is 1. The highest BCUT2D eigenvalue weighted by molar-refractivity contribution is 5.92. The van der Waals surface area contributed by atoms with Crippen LogP contribution >= 0.6 is 0 Å². The van der Waals surface area contributed by atoms with E-state index < -0.39 is 5.97 Å². The lowest BCUT2D eigenvalue weighted by Crippen LogP contribution is -2.28. The molecule has 2 N–H and O–H groups in total. The van der Waals surface area contributed by atoms with E-state index in [-0.39, 0.29) is 11.2 Å². The Morgan fingerprint density at radius 1 is 1.47 bits per heavy atom. The summed E-state index contributed by atoms with van der Waals surface area (Å²) < 4.78 is 6.82. The van der Waals surface area contributed by atoms with Gasteiger partial charge in [0.2, 0.25) is 0 Å². The molecule has 5 heteroatoms. The number of imidazole rings is 1. The maximum Gasteiger partial charge on any atom is 0.360 e. The van der Waals surface area contributed by atoms with Gasteiger partial charge in [-0.15, -0.1) is 0 Å². The Morgan fingerprint density at radius 3 is 2.53 bits per heavy atom. The molecule has 1 heterocycles. The van der Waals surface area contributed by atoms with E-state index in [0.717, 1.165) is 12.2 Å². The zero-order valence-corrected chi connectivity index (χ0v) is 11.2. The summed E-state index contributed by atoms with van der Waals surface area (Å²) in [6.45, 7) is 10.1. The first-order valence-electron chi connectivity index (χ1n) is 5.87. The molecular weight excluding hydrogens is 218 g/mol. The van der Waals surface area contributed by atoms with E-state index in [9.17, 15) is 4.79 Å². The molecule has 0 aliphatic heterocycles. The Hall–Kier alpha value is -1.52. The maximum absolute atomic E-state index is 11.7. The van der Waals surface area contributed by atoms with Crippen LogP contribution in [0.25, 0.3) is 0 Å². The van der Waals surface area contributed by atoms with Gasteiger partial charge in [0, 0.05) is 5.54 Å². The minimum atomic E-state index is -0.459. The molecule has 0 unspecified atom stereocenters. The van der Waals surface area contributed by atoms with Gasteiger partial charge in [0.1, 0.15) is 11.6 Å². The fraction of sp³-hybridized carbons (Fsp3) is 0.667. The average molecular weight is 239 g/mol. The number of nitrogens with zero attached hydrogens (tertiary/aromatic N) is 2. The number of carbonyl (C=O) groups is 1. The number of hydrogen-bond donors (Lipinski definition) is 1. The summed E-state index contributed by atoms with van der Waals surface area (Å²) in [7, 11) is 0. The lowest BCUT2D eigenvalue weighted by molar-refractivity contribution is 0.0521. The average Bonchev–Trinajstić information content (AvgIpc) is 2.55. The lowest BCUT2D eigenvalue weighted by Gasteiger charge is -2.27. The highest BCUT2D eigenvalue weighted by Gasteiger charge is 2.27. The molecule has 0 radical (unpaired) electrons. The standard InChI is InChI=1S/C12H21N3O2/c1-6-12(4,5)15-8(3)14-9(10(15)13)11(16)17-7-2/h6-7,13H2,1-5H3. The summed E-state index contributed by atoms with van der Waals surface area (Å²) in [5.74, 6) is 0.656. The van der Waals surface area contributed by atoms with Crippen molar-refractivity contribution in [2.24, 2.45) is 0 Å². The molecule has 0 fully saturated rings. The van der Waals surface area contributed by atoms with Gasteiger partial charge < -0.3 is 15.0 Å².